The molecule has 0 atom stereocenters. The van der Waals surface area contributed by atoms with Crippen LogP contribution in [-0.4, -0.2) is 16.9 Å². The van der Waals surface area contributed by atoms with E-state index in [1.165, 1.54) is 89.9 Å². The smallest absolute Gasteiger partial charge is 0.303 e. The first-order valence-corrected chi connectivity index (χ1v) is 13.4. The zero-order valence-corrected chi connectivity index (χ0v) is 20.2. The van der Waals surface area contributed by atoms with E-state index in [0.717, 1.165) is 57.8 Å². The first-order chi connectivity index (χ1) is 14.7. The Labute approximate surface area is 187 Å². The van der Waals surface area contributed by atoms with Gasteiger partial charge in [0.25, 0.3) is 0 Å². The third-order valence-corrected chi connectivity index (χ3v) is 6.16. The van der Waals surface area contributed by atoms with Crippen LogP contribution in [0.4, 0.5) is 0 Å². The Bertz CT molecular complexity index is 378. The van der Waals surface area contributed by atoms with Crippen LogP contribution >= 0.6 is 0 Å². The molecule has 0 aromatic carbocycles. The highest BCUT2D eigenvalue weighted by Gasteiger charge is 2.02. The average molecular weight is 425 g/mol. The Morgan fingerprint density at radius 3 is 1.00 bits per heavy atom. The monoisotopic (exact) mass is 424 g/mol. The molecule has 0 heterocycles. The molecule has 3 nitrogen and oxygen atoms in total. The summed E-state index contributed by atoms with van der Waals surface area (Å²) in [5, 5.41) is 8.58. The van der Waals surface area contributed by atoms with E-state index in [9.17, 15) is 9.59 Å². The van der Waals surface area contributed by atoms with Crippen molar-refractivity contribution in [2.45, 2.75) is 161 Å². The van der Waals surface area contributed by atoms with Crippen molar-refractivity contribution >= 4 is 11.8 Å². The minimum atomic E-state index is -0.695. The normalized spacial score (nSPS) is 11.1. The SMILES string of the molecule is CCCCCCCCCCCCCCCCCC(=O)CCCCCCCCC(=O)O. The Morgan fingerprint density at radius 1 is 0.433 bits per heavy atom. The van der Waals surface area contributed by atoms with Gasteiger partial charge in [0.1, 0.15) is 5.78 Å². The topological polar surface area (TPSA) is 54.4 Å². The lowest BCUT2D eigenvalue weighted by molar-refractivity contribution is -0.137. The van der Waals surface area contributed by atoms with Crippen LogP contribution in [0.15, 0.2) is 0 Å². The second kappa shape index (κ2) is 24.4. The maximum Gasteiger partial charge on any atom is 0.303 e. The summed E-state index contributed by atoms with van der Waals surface area (Å²) in [5.41, 5.74) is 0. The van der Waals surface area contributed by atoms with Gasteiger partial charge in [0.05, 0.1) is 0 Å². The van der Waals surface area contributed by atoms with Gasteiger partial charge < -0.3 is 5.11 Å². The molecule has 0 fully saturated rings. The Kier molecular flexibility index (Phi) is 23.7. The molecule has 0 radical (unpaired) electrons. The molecule has 3 heteroatoms. The van der Waals surface area contributed by atoms with Gasteiger partial charge in [0.15, 0.2) is 0 Å². The van der Waals surface area contributed by atoms with Crippen LogP contribution in [-0.2, 0) is 9.59 Å². The van der Waals surface area contributed by atoms with E-state index in [2.05, 4.69) is 6.92 Å². The molecule has 0 bridgehead atoms. The maximum absolute atomic E-state index is 11.9. The van der Waals surface area contributed by atoms with Crippen molar-refractivity contribution in [3.05, 3.63) is 0 Å². The minimum absolute atomic E-state index is 0.289. The van der Waals surface area contributed by atoms with Crippen LogP contribution < -0.4 is 0 Å². The molecular formula is C27H52O3. The van der Waals surface area contributed by atoms with E-state index in [4.69, 9.17) is 5.11 Å². The largest absolute Gasteiger partial charge is 0.481 e. The lowest BCUT2D eigenvalue weighted by Gasteiger charge is -2.04. The molecule has 0 saturated heterocycles. The van der Waals surface area contributed by atoms with Gasteiger partial charge in [-0.1, -0.05) is 122 Å². The number of hydrogen-bond donors (Lipinski definition) is 1. The molecule has 0 spiro atoms. The second-order valence-corrected chi connectivity index (χ2v) is 9.25. The van der Waals surface area contributed by atoms with Crippen LogP contribution in [0.5, 0.6) is 0 Å². The molecule has 0 aliphatic heterocycles. The summed E-state index contributed by atoms with van der Waals surface area (Å²) in [4.78, 5) is 22.3. The van der Waals surface area contributed by atoms with Crippen molar-refractivity contribution in [3.8, 4) is 0 Å². The van der Waals surface area contributed by atoms with Crippen LogP contribution in [0.3, 0.4) is 0 Å². The summed E-state index contributed by atoms with van der Waals surface area (Å²) in [5.74, 6) is -0.255. The van der Waals surface area contributed by atoms with Crippen LogP contribution in [0.2, 0.25) is 0 Å². The number of carbonyl (C=O) groups excluding carboxylic acids is 1. The number of hydrogen-bond acceptors (Lipinski definition) is 2. The van der Waals surface area contributed by atoms with Gasteiger partial charge in [0.2, 0.25) is 0 Å². The minimum Gasteiger partial charge on any atom is -0.481 e. The summed E-state index contributed by atoms with van der Waals surface area (Å²) in [6.45, 7) is 2.28. The Balaban J connectivity index is 3.15. The van der Waals surface area contributed by atoms with Crippen molar-refractivity contribution in [1.29, 1.82) is 0 Å². The number of rotatable bonds is 25. The molecule has 0 aliphatic rings. The van der Waals surface area contributed by atoms with Crippen molar-refractivity contribution in [2.24, 2.45) is 0 Å². The van der Waals surface area contributed by atoms with Gasteiger partial charge in [-0.3, -0.25) is 9.59 Å². The van der Waals surface area contributed by atoms with Crippen molar-refractivity contribution in [2.75, 3.05) is 0 Å². The number of carboxylic acids is 1. The molecule has 0 aliphatic carbocycles. The Morgan fingerprint density at radius 2 is 0.700 bits per heavy atom. The second-order valence-electron chi connectivity index (χ2n) is 9.25. The summed E-state index contributed by atoms with van der Waals surface area (Å²) < 4.78 is 0. The van der Waals surface area contributed by atoms with Gasteiger partial charge in [-0.05, 0) is 19.3 Å². The Hall–Kier alpha value is -0.860. The molecule has 0 saturated carbocycles. The highest BCUT2D eigenvalue weighted by Crippen LogP contribution is 2.14. The van der Waals surface area contributed by atoms with Crippen molar-refractivity contribution in [1.82, 2.24) is 0 Å². The van der Waals surface area contributed by atoms with E-state index >= 15 is 0 Å². The first kappa shape index (κ1) is 29.1. The third kappa shape index (κ3) is 25.2. The zero-order valence-electron chi connectivity index (χ0n) is 20.2. The number of carboxylic acid groups (broad SMARTS) is 1. The van der Waals surface area contributed by atoms with Gasteiger partial charge in [-0.25, -0.2) is 0 Å². The van der Waals surface area contributed by atoms with E-state index in [-0.39, 0.29) is 6.42 Å². The van der Waals surface area contributed by atoms with E-state index in [1.807, 2.05) is 0 Å². The fourth-order valence-electron chi connectivity index (χ4n) is 4.12. The molecule has 0 aromatic heterocycles. The quantitative estimate of drug-likeness (QED) is 0.149. The lowest BCUT2D eigenvalue weighted by Crippen LogP contribution is -1.97. The number of aliphatic carboxylic acids is 1. The lowest BCUT2D eigenvalue weighted by atomic mass is 10.0. The number of carbonyl (C=O) groups is 2. The van der Waals surface area contributed by atoms with Gasteiger partial charge >= 0.3 is 5.97 Å². The fourth-order valence-corrected chi connectivity index (χ4v) is 4.12. The molecule has 178 valence electrons. The van der Waals surface area contributed by atoms with Crippen LogP contribution in [0, 0.1) is 0 Å². The maximum atomic E-state index is 11.9. The number of Topliss-reactive ketones (excluding diaryl/α,β-unsaturated/α-hetero) is 1. The molecule has 0 amide bonds. The third-order valence-electron chi connectivity index (χ3n) is 6.16. The van der Waals surface area contributed by atoms with Crippen LogP contribution in [0.1, 0.15) is 161 Å². The molecule has 30 heavy (non-hydrogen) atoms. The van der Waals surface area contributed by atoms with Crippen LogP contribution in [0.25, 0.3) is 0 Å². The van der Waals surface area contributed by atoms with Gasteiger partial charge in [-0.15, -0.1) is 0 Å². The molecule has 1 N–H and O–H groups in total. The summed E-state index contributed by atoms with van der Waals surface area (Å²) >= 11 is 0. The average Bonchev–Trinajstić information content (AvgIpc) is 2.72. The summed E-state index contributed by atoms with van der Waals surface area (Å²) in [6, 6.07) is 0. The number of unbranched alkanes of at least 4 members (excludes halogenated alkanes) is 19. The molecule has 0 unspecified atom stereocenters. The zero-order chi connectivity index (χ0) is 22.1. The van der Waals surface area contributed by atoms with Crippen molar-refractivity contribution in [3.63, 3.8) is 0 Å². The van der Waals surface area contributed by atoms with E-state index < -0.39 is 5.97 Å². The van der Waals surface area contributed by atoms with Gasteiger partial charge in [0, 0.05) is 19.3 Å². The predicted octanol–water partition coefficient (Wildman–Crippen LogP) is 9.02. The molecular weight excluding hydrogens is 372 g/mol. The van der Waals surface area contributed by atoms with Crippen molar-refractivity contribution < 1.29 is 14.7 Å². The fraction of sp³-hybridized carbons (Fsp3) is 0.926. The molecule has 0 aromatic rings. The standard InChI is InChI=1S/C27H52O3/c1-2-3-4-5-6-7-8-9-10-11-12-13-14-17-20-23-26(28)24-21-18-15-16-19-22-25-27(29)30/h2-25H2,1H3,(H,29,30). The van der Waals surface area contributed by atoms with E-state index in [1.54, 1.807) is 0 Å². The predicted molar refractivity (Wildman–Crippen MR) is 129 cm³/mol. The first-order valence-electron chi connectivity index (χ1n) is 13.4. The highest BCUT2D eigenvalue weighted by atomic mass is 16.4. The van der Waals surface area contributed by atoms with E-state index in [0.29, 0.717) is 5.78 Å². The van der Waals surface area contributed by atoms with Gasteiger partial charge in [-0.2, -0.15) is 0 Å². The number of ketones is 1. The highest BCUT2D eigenvalue weighted by molar-refractivity contribution is 5.78. The summed E-state index contributed by atoms with van der Waals surface area (Å²) in [7, 11) is 0. The summed E-state index contributed by atoms with van der Waals surface area (Å²) in [6.07, 6.45) is 28.4. The molecule has 0 rings (SSSR count).